The first kappa shape index (κ1) is 17.2. The van der Waals surface area contributed by atoms with Crippen LogP contribution in [0.5, 0.6) is 0 Å². The van der Waals surface area contributed by atoms with Crippen molar-refractivity contribution in [2.45, 2.75) is 31.9 Å². The Balaban J connectivity index is 1.71. The highest BCUT2D eigenvalue weighted by Crippen LogP contribution is 2.38. The molecule has 5 rings (SSSR count). The van der Waals surface area contributed by atoms with Crippen molar-refractivity contribution in [2.24, 2.45) is 0 Å². The van der Waals surface area contributed by atoms with Crippen molar-refractivity contribution >= 4 is 16.9 Å². The van der Waals surface area contributed by atoms with Crippen LogP contribution in [0.3, 0.4) is 0 Å². The fourth-order valence-electron chi connectivity index (χ4n) is 4.31. The number of aryl methyl sites for hydroxylation is 1. The molecular weight excluding hydrogens is 354 g/mol. The van der Waals surface area contributed by atoms with Gasteiger partial charge in [-0.2, -0.15) is 0 Å². The minimum Gasteiger partial charge on any atom is -0.450 e. The molecule has 2 aliphatic rings. The van der Waals surface area contributed by atoms with Gasteiger partial charge in [-0.3, -0.25) is 9.59 Å². The summed E-state index contributed by atoms with van der Waals surface area (Å²) >= 11 is 0. The number of nitrogens with zero attached hydrogens (tertiary/aromatic N) is 1. The molecule has 2 aliphatic heterocycles. The molecule has 1 amide bonds. The Hall–Kier alpha value is -2.92. The molecule has 3 aromatic rings. The summed E-state index contributed by atoms with van der Waals surface area (Å²) in [5, 5.41) is 0.520. The van der Waals surface area contributed by atoms with Gasteiger partial charge >= 0.3 is 0 Å². The molecule has 2 aromatic carbocycles. The third-order valence-corrected chi connectivity index (χ3v) is 5.66. The quantitative estimate of drug-likeness (QED) is 0.698. The van der Waals surface area contributed by atoms with Crippen LogP contribution in [0.2, 0.25) is 0 Å². The number of benzene rings is 2. The summed E-state index contributed by atoms with van der Waals surface area (Å²) in [6.45, 7) is 3.11. The van der Waals surface area contributed by atoms with E-state index >= 15 is 0 Å². The third kappa shape index (κ3) is 2.66. The van der Waals surface area contributed by atoms with E-state index in [4.69, 9.17) is 9.15 Å². The minimum atomic E-state index is -0.450. The van der Waals surface area contributed by atoms with E-state index in [1.807, 2.05) is 49.4 Å². The molecule has 0 N–H and O–H groups in total. The summed E-state index contributed by atoms with van der Waals surface area (Å²) < 4.78 is 11.7. The van der Waals surface area contributed by atoms with E-state index < -0.39 is 6.04 Å². The summed E-state index contributed by atoms with van der Waals surface area (Å²) in [7, 11) is 0. The van der Waals surface area contributed by atoms with Gasteiger partial charge in [0.05, 0.1) is 23.1 Å². The molecule has 28 heavy (non-hydrogen) atoms. The summed E-state index contributed by atoms with van der Waals surface area (Å²) in [6, 6.07) is 14.7. The van der Waals surface area contributed by atoms with E-state index in [-0.39, 0.29) is 23.2 Å². The fourth-order valence-corrected chi connectivity index (χ4v) is 4.31. The highest BCUT2D eigenvalue weighted by molar-refractivity contribution is 5.99. The van der Waals surface area contributed by atoms with Gasteiger partial charge < -0.3 is 14.1 Å². The van der Waals surface area contributed by atoms with E-state index in [1.54, 1.807) is 11.0 Å². The number of hydrogen-bond donors (Lipinski definition) is 0. The van der Waals surface area contributed by atoms with Gasteiger partial charge in [-0.1, -0.05) is 42.0 Å². The lowest BCUT2D eigenvalue weighted by Gasteiger charge is -2.27. The van der Waals surface area contributed by atoms with Crippen LogP contribution in [0.25, 0.3) is 11.0 Å². The number of fused-ring (bicyclic) bond motifs is 2. The van der Waals surface area contributed by atoms with Crippen molar-refractivity contribution in [1.82, 2.24) is 4.90 Å². The van der Waals surface area contributed by atoms with Gasteiger partial charge in [-0.15, -0.1) is 0 Å². The second-order valence-electron chi connectivity index (χ2n) is 7.58. The van der Waals surface area contributed by atoms with Crippen LogP contribution in [-0.2, 0) is 4.74 Å². The molecule has 1 aromatic heterocycles. The van der Waals surface area contributed by atoms with E-state index in [2.05, 4.69) is 0 Å². The number of ether oxygens (including phenoxy) is 1. The molecule has 2 unspecified atom stereocenters. The first-order valence-corrected chi connectivity index (χ1v) is 9.68. The van der Waals surface area contributed by atoms with Gasteiger partial charge in [0.2, 0.25) is 5.76 Å². The predicted molar refractivity (Wildman–Crippen MR) is 106 cm³/mol. The largest absolute Gasteiger partial charge is 0.450 e. The Bertz CT molecular complexity index is 1110. The molecule has 5 heteroatoms. The zero-order valence-corrected chi connectivity index (χ0v) is 15.7. The zero-order chi connectivity index (χ0) is 19.3. The van der Waals surface area contributed by atoms with Gasteiger partial charge in [0, 0.05) is 13.2 Å². The van der Waals surface area contributed by atoms with Crippen molar-refractivity contribution in [2.75, 3.05) is 13.2 Å². The number of amides is 1. The van der Waals surface area contributed by atoms with Gasteiger partial charge in [-0.05, 0) is 37.5 Å². The highest BCUT2D eigenvalue weighted by atomic mass is 16.5. The molecule has 1 fully saturated rings. The first-order chi connectivity index (χ1) is 13.6. The number of carbonyl (C=O) groups is 1. The van der Waals surface area contributed by atoms with Crippen LogP contribution in [0, 0.1) is 6.92 Å². The Morgan fingerprint density at radius 1 is 1.11 bits per heavy atom. The molecule has 0 saturated carbocycles. The van der Waals surface area contributed by atoms with E-state index in [0.29, 0.717) is 23.1 Å². The van der Waals surface area contributed by atoms with Crippen LogP contribution in [0.15, 0.2) is 57.7 Å². The second-order valence-corrected chi connectivity index (χ2v) is 7.58. The van der Waals surface area contributed by atoms with Crippen LogP contribution in [-0.4, -0.2) is 30.1 Å². The topological polar surface area (TPSA) is 59.8 Å². The monoisotopic (exact) mass is 375 g/mol. The van der Waals surface area contributed by atoms with Crippen LogP contribution in [0.1, 0.15) is 46.1 Å². The van der Waals surface area contributed by atoms with Crippen molar-refractivity contribution in [3.63, 3.8) is 0 Å². The van der Waals surface area contributed by atoms with E-state index in [9.17, 15) is 9.59 Å². The predicted octanol–water partition coefficient (Wildman–Crippen LogP) is 3.83. The smallest absolute Gasteiger partial charge is 0.291 e. The van der Waals surface area contributed by atoms with Gasteiger partial charge in [-0.25, -0.2) is 0 Å². The molecule has 0 bridgehead atoms. The summed E-state index contributed by atoms with van der Waals surface area (Å²) in [4.78, 5) is 28.4. The average molecular weight is 375 g/mol. The van der Waals surface area contributed by atoms with Gasteiger partial charge in [0.15, 0.2) is 5.43 Å². The first-order valence-electron chi connectivity index (χ1n) is 9.68. The summed E-state index contributed by atoms with van der Waals surface area (Å²) in [5.41, 5.74) is 2.65. The molecule has 142 valence electrons. The standard InChI is InChI=1S/C23H21NO4/c1-14-9-10-18-17(12-14)21(25)19-20(15-6-3-2-4-7-15)24(23(26)22(19)28-18)13-16-8-5-11-27-16/h2-4,6-7,9-10,12,16,20H,5,8,11,13H2,1H3. The SMILES string of the molecule is Cc1ccc2oc3c(c(=O)c2c1)C(c1ccccc1)N(CC1CCCO1)C3=O. The summed E-state index contributed by atoms with van der Waals surface area (Å²) in [6.07, 6.45) is 1.91. The maximum absolute atomic E-state index is 13.4. The maximum Gasteiger partial charge on any atom is 0.291 e. The van der Waals surface area contributed by atoms with Crippen molar-refractivity contribution < 1.29 is 13.9 Å². The number of rotatable bonds is 3. The van der Waals surface area contributed by atoms with Crippen LogP contribution < -0.4 is 5.43 Å². The highest BCUT2D eigenvalue weighted by Gasteiger charge is 2.43. The second kappa shape index (κ2) is 6.60. The Labute approximate surface area is 162 Å². The Kier molecular flexibility index (Phi) is 4.05. The lowest BCUT2D eigenvalue weighted by molar-refractivity contribution is 0.0486. The molecule has 0 aliphatic carbocycles. The van der Waals surface area contributed by atoms with Gasteiger partial charge in [0.1, 0.15) is 5.58 Å². The molecule has 0 spiro atoms. The average Bonchev–Trinajstić information content (AvgIpc) is 3.31. The van der Waals surface area contributed by atoms with Crippen LogP contribution >= 0.6 is 0 Å². The maximum atomic E-state index is 13.4. The molecule has 3 heterocycles. The number of hydrogen-bond acceptors (Lipinski definition) is 4. The molecule has 5 nitrogen and oxygen atoms in total. The lowest BCUT2D eigenvalue weighted by atomic mass is 9.98. The van der Waals surface area contributed by atoms with Crippen molar-refractivity contribution in [1.29, 1.82) is 0 Å². The fraction of sp³-hybridized carbons (Fsp3) is 0.304. The molecular formula is C23H21NO4. The van der Waals surface area contributed by atoms with E-state index in [1.165, 1.54) is 0 Å². The Morgan fingerprint density at radius 3 is 2.68 bits per heavy atom. The molecule has 2 atom stereocenters. The zero-order valence-electron chi connectivity index (χ0n) is 15.7. The number of carbonyl (C=O) groups excluding carboxylic acids is 1. The van der Waals surface area contributed by atoms with E-state index in [0.717, 1.165) is 30.6 Å². The Morgan fingerprint density at radius 2 is 1.93 bits per heavy atom. The summed E-state index contributed by atoms with van der Waals surface area (Å²) in [5.74, 6) is -0.0767. The third-order valence-electron chi connectivity index (χ3n) is 5.66. The van der Waals surface area contributed by atoms with Gasteiger partial charge in [0.25, 0.3) is 5.91 Å². The van der Waals surface area contributed by atoms with Crippen molar-refractivity contribution in [3.8, 4) is 0 Å². The normalized spacial score (nSPS) is 21.5. The lowest BCUT2D eigenvalue weighted by Crippen LogP contribution is -2.36. The van der Waals surface area contributed by atoms with Crippen molar-refractivity contribution in [3.05, 3.63) is 81.2 Å². The van der Waals surface area contributed by atoms with Crippen LogP contribution in [0.4, 0.5) is 0 Å². The molecule has 0 radical (unpaired) electrons. The molecule has 1 saturated heterocycles. The minimum absolute atomic E-state index is 0.00348.